The number of ether oxygens (including phenoxy) is 3. The molecule has 32 heavy (non-hydrogen) atoms. The molecule has 0 amide bonds. The van der Waals surface area contributed by atoms with Gasteiger partial charge in [-0.3, -0.25) is 0 Å². The standard InChI is InChI=1S/C22H39N5O5/c1-19(2)10-14(11-20(3,4)26(19)28)31-17-23-16(30-9)24-18(25-17)32-15-12-21(5,6)27(29)22(7,8)13-15/h14-15,28-29H,10-13H2,1-9H3. The van der Waals surface area contributed by atoms with E-state index in [1.807, 2.05) is 55.4 Å². The van der Waals surface area contributed by atoms with Crippen LogP contribution >= 0.6 is 0 Å². The molecule has 10 heteroatoms. The SMILES string of the molecule is COc1nc(OC2CC(C)(C)N(O)C(C)(C)C2)nc(OC2CC(C)(C)N(O)C(C)(C)C2)n1. The van der Waals surface area contributed by atoms with Gasteiger partial charge in [0.1, 0.15) is 12.2 Å². The highest BCUT2D eigenvalue weighted by molar-refractivity contribution is 5.11. The van der Waals surface area contributed by atoms with Crippen LogP contribution in [0.1, 0.15) is 81.1 Å². The summed E-state index contributed by atoms with van der Waals surface area (Å²) in [6.07, 6.45) is 2.03. The Bertz CT molecular complexity index is 731. The molecule has 2 fully saturated rings. The van der Waals surface area contributed by atoms with Crippen molar-refractivity contribution in [2.75, 3.05) is 7.11 Å². The Morgan fingerprint density at radius 1 is 0.625 bits per heavy atom. The van der Waals surface area contributed by atoms with Crippen molar-refractivity contribution in [2.45, 2.75) is 115 Å². The summed E-state index contributed by atoms with van der Waals surface area (Å²) in [6, 6.07) is 0.377. The minimum Gasteiger partial charge on any atom is -0.467 e. The second-order valence-corrected chi connectivity index (χ2v) is 11.6. The second kappa shape index (κ2) is 8.23. The number of rotatable bonds is 5. The van der Waals surface area contributed by atoms with Crippen molar-refractivity contribution in [3.05, 3.63) is 0 Å². The molecule has 182 valence electrons. The first-order valence-electron chi connectivity index (χ1n) is 11.2. The Morgan fingerprint density at radius 3 is 1.19 bits per heavy atom. The number of aromatic nitrogens is 3. The lowest BCUT2D eigenvalue weighted by atomic mass is 9.80. The molecule has 0 bridgehead atoms. The zero-order valence-electron chi connectivity index (χ0n) is 20.8. The topological polar surface area (TPSA) is 113 Å². The minimum atomic E-state index is -0.460. The minimum absolute atomic E-state index is 0.112. The Hall–Kier alpha value is -1.75. The zero-order chi connectivity index (χ0) is 24.1. The highest BCUT2D eigenvalue weighted by Gasteiger charge is 2.47. The molecule has 3 rings (SSSR count). The van der Waals surface area contributed by atoms with E-state index in [4.69, 9.17) is 14.2 Å². The van der Waals surface area contributed by atoms with E-state index < -0.39 is 22.2 Å². The first-order chi connectivity index (χ1) is 14.6. The van der Waals surface area contributed by atoms with Crippen LogP contribution in [-0.2, 0) is 0 Å². The lowest BCUT2D eigenvalue weighted by Crippen LogP contribution is -2.61. The van der Waals surface area contributed by atoms with Crippen molar-refractivity contribution in [2.24, 2.45) is 0 Å². The highest BCUT2D eigenvalue weighted by atomic mass is 16.5. The molecule has 0 spiro atoms. The van der Waals surface area contributed by atoms with Gasteiger partial charge in [0, 0.05) is 47.8 Å². The third-order valence-corrected chi connectivity index (χ3v) is 6.50. The first-order valence-corrected chi connectivity index (χ1v) is 11.2. The molecular weight excluding hydrogens is 414 g/mol. The van der Waals surface area contributed by atoms with Crippen LogP contribution in [0.25, 0.3) is 0 Å². The summed E-state index contributed by atoms with van der Waals surface area (Å²) in [7, 11) is 1.48. The van der Waals surface area contributed by atoms with Gasteiger partial charge in [-0.25, -0.2) is 0 Å². The van der Waals surface area contributed by atoms with Crippen molar-refractivity contribution in [3.63, 3.8) is 0 Å². The monoisotopic (exact) mass is 453 g/mol. The normalized spacial score (nSPS) is 26.0. The van der Waals surface area contributed by atoms with Crippen LogP contribution < -0.4 is 14.2 Å². The van der Waals surface area contributed by atoms with E-state index in [9.17, 15) is 10.4 Å². The molecule has 2 saturated heterocycles. The molecule has 1 aromatic rings. The Balaban J connectivity index is 1.79. The molecule has 1 aromatic heterocycles. The predicted octanol–water partition coefficient (Wildman–Crippen LogP) is 3.46. The van der Waals surface area contributed by atoms with E-state index in [1.54, 1.807) is 0 Å². The smallest absolute Gasteiger partial charge is 0.326 e. The zero-order valence-corrected chi connectivity index (χ0v) is 20.8. The maximum Gasteiger partial charge on any atom is 0.326 e. The maximum atomic E-state index is 10.5. The number of hydrogen-bond acceptors (Lipinski definition) is 10. The third-order valence-electron chi connectivity index (χ3n) is 6.50. The van der Waals surface area contributed by atoms with E-state index in [2.05, 4.69) is 15.0 Å². The number of methoxy groups -OCH3 is 1. The van der Waals surface area contributed by atoms with E-state index in [-0.39, 0.29) is 30.2 Å². The fraction of sp³-hybridized carbons (Fsp3) is 0.864. The fourth-order valence-electron chi connectivity index (χ4n) is 5.34. The van der Waals surface area contributed by atoms with Crippen molar-refractivity contribution < 1.29 is 24.6 Å². The molecule has 3 heterocycles. The second-order valence-electron chi connectivity index (χ2n) is 11.6. The Labute approximate surface area is 190 Å². The van der Waals surface area contributed by atoms with Crippen LogP contribution in [0.15, 0.2) is 0 Å². The van der Waals surface area contributed by atoms with Crippen LogP contribution in [0.2, 0.25) is 0 Å². The van der Waals surface area contributed by atoms with Crippen LogP contribution in [0.3, 0.4) is 0 Å². The summed E-state index contributed by atoms with van der Waals surface area (Å²) >= 11 is 0. The highest BCUT2D eigenvalue weighted by Crippen LogP contribution is 2.39. The van der Waals surface area contributed by atoms with E-state index in [1.165, 1.54) is 17.2 Å². The summed E-state index contributed by atoms with van der Waals surface area (Å²) in [5.41, 5.74) is -1.84. The van der Waals surface area contributed by atoms with Crippen LogP contribution in [0.5, 0.6) is 18.0 Å². The third kappa shape index (κ3) is 5.08. The number of hydrogen-bond donors (Lipinski definition) is 2. The molecule has 10 nitrogen and oxygen atoms in total. The summed E-state index contributed by atoms with van der Waals surface area (Å²) in [6.45, 7) is 15.8. The largest absolute Gasteiger partial charge is 0.467 e. The van der Waals surface area contributed by atoms with Gasteiger partial charge in [0.25, 0.3) is 0 Å². The first kappa shape index (κ1) is 24.9. The molecule has 0 unspecified atom stereocenters. The van der Waals surface area contributed by atoms with Crippen molar-refractivity contribution in [3.8, 4) is 18.0 Å². The lowest BCUT2D eigenvalue weighted by molar-refractivity contribution is -0.255. The molecule has 0 atom stereocenters. The van der Waals surface area contributed by atoms with Crippen molar-refractivity contribution >= 4 is 0 Å². The summed E-state index contributed by atoms with van der Waals surface area (Å²) < 4.78 is 17.5. The van der Waals surface area contributed by atoms with Crippen molar-refractivity contribution in [1.29, 1.82) is 0 Å². The Kier molecular flexibility index (Phi) is 6.40. The molecule has 2 N–H and O–H groups in total. The molecule has 2 aliphatic heterocycles. The average molecular weight is 454 g/mol. The molecule has 0 saturated carbocycles. The summed E-state index contributed by atoms with van der Waals surface area (Å²) in [5, 5.41) is 23.9. The number of nitrogens with zero attached hydrogens (tertiary/aromatic N) is 5. The van der Waals surface area contributed by atoms with Gasteiger partial charge < -0.3 is 24.6 Å². The van der Waals surface area contributed by atoms with Gasteiger partial charge in [-0.15, -0.1) is 15.0 Å². The quantitative estimate of drug-likeness (QED) is 0.687. The molecule has 2 aliphatic rings. The van der Waals surface area contributed by atoms with E-state index >= 15 is 0 Å². The molecule has 0 aromatic carbocycles. The average Bonchev–Trinajstić information content (AvgIpc) is 2.63. The van der Waals surface area contributed by atoms with Crippen LogP contribution in [0.4, 0.5) is 0 Å². The number of hydroxylamine groups is 4. The fourth-order valence-corrected chi connectivity index (χ4v) is 5.34. The van der Waals surface area contributed by atoms with Gasteiger partial charge in [0.15, 0.2) is 0 Å². The van der Waals surface area contributed by atoms with Gasteiger partial charge in [0.2, 0.25) is 0 Å². The van der Waals surface area contributed by atoms with E-state index in [0.717, 1.165) is 0 Å². The predicted molar refractivity (Wildman–Crippen MR) is 117 cm³/mol. The molecular formula is C22H39N5O5. The van der Waals surface area contributed by atoms with Gasteiger partial charge >= 0.3 is 18.0 Å². The van der Waals surface area contributed by atoms with Gasteiger partial charge in [-0.05, 0) is 55.4 Å². The van der Waals surface area contributed by atoms with Crippen LogP contribution in [-0.4, -0.2) is 77.0 Å². The number of piperidine rings is 2. The van der Waals surface area contributed by atoms with Crippen LogP contribution in [0, 0.1) is 0 Å². The van der Waals surface area contributed by atoms with E-state index in [0.29, 0.717) is 25.7 Å². The molecule has 0 radical (unpaired) electrons. The van der Waals surface area contributed by atoms with Crippen molar-refractivity contribution in [1.82, 2.24) is 25.1 Å². The van der Waals surface area contributed by atoms with Gasteiger partial charge in [-0.1, -0.05) is 0 Å². The summed E-state index contributed by atoms with van der Waals surface area (Å²) in [4.78, 5) is 12.9. The Morgan fingerprint density at radius 2 is 0.906 bits per heavy atom. The maximum absolute atomic E-state index is 10.5. The lowest BCUT2D eigenvalue weighted by Gasteiger charge is -2.51. The van der Waals surface area contributed by atoms with Gasteiger partial charge in [-0.2, -0.15) is 10.1 Å². The summed E-state index contributed by atoms with van der Waals surface area (Å²) in [5.74, 6) is 0. The van der Waals surface area contributed by atoms with Gasteiger partial charge in [0.05, 0.1) is 7.11 Å². The molecule has 0 aliphatic carbocycles.